The Balaban J connectivity index is 2.88. The second kappa shape index (κ2) is 5.92. The average molecular weight is 312 g/mol. The fourth-order valence-electron chi connectivity index (χ4n) is 1.14. The van der Waals surface area contributed by atoms with Crippen molar-refractivity contribution in [2.24, 2.45) is 0 Å². The molecule has 0 saturated heterocycles. The molecular weight excluding hydrogens is 299 g/mol. The van der Waals surface area contributed by atoms with Gasteiger partial charge in [-0.2, -0.15) is 0 Å². The van der Waals surface area contributed by atoms with Gasteiger partial charge in [-0.1, -0.05) is 6.92 Å². The number of hydrogen-bond acceptors (Lipinski definition) is 2. The van der Waals surface area contributed by atoms with Crippen molar-refractivity contribution >= 4 is 44.8 Å². The van der Waals surface area contributed by atoms with Crippen LogP contribution in [0, 0.1) is 0 Å². The Morgan fingerprint density at radius 2 is 2.13 bits per heavy atom. The summed E-state index contributed by atoms with van der Waals surface area (Å²) in [6.45, 7) is 2.06. The summed E-state index contributed by atoms with van der Waals surface area (Å²) in [5.41, 5.74) is 0.709. The summed E-state index contributed by atoms with van der Waals surface area (Å²) in [6.07, 6.45) is 4.34. The molecule has 2 nitrogen and oxygen atoms in total. The summed E-state index contributed by atoms with van der Waals surface area (Å²) < 4.78 is 0.915. The Labute approximate surface area is 108 Å². The van der Waals surface area contributed by atoms with Crippen LogP contribution in [0.15, 0.2) is 22.9 Å². The molecule has 0 amide bonds. The molecule has 1 heterocycles. The van der Waals surface area contributed by atoms with Crippen molar-refractivity contribution in [3.05, 3.63) is 22.9 Å². The minimum absolute atomic E-state index is 0.257. The highest BCUT2D eigenvalue weighted by atomic mass is 79.9. The van der Waals surface area contributed by atoms with Crippen molar-refractivity contribution in [2.75, 3.05) is 17.1 Å². The minimum atomic E-state index is -0.257. The van der Waals surface area contributed by atoms with Crippen molar-refractivity contribution in [2.45, 2.75) is 18.9 Å². The minimum Gasteiger partial charge on any atom is -0.376 e. The third kappa shape index (κ3) is 3.23. The fraction of sp³-hybridized carbons (Fsp3) is 0.500. The highest BCUT2D eigenvalue weighted by molar-refractivity contribution is 9.10. The Kier molecular flexibility index (Phi) is 5.16. The first-order valence-electron chi connectivity index (χ1n) is 4.67. The molecule has 1 aromatic heterocycles. The molecule has 0 unspecified atom stereocenters. The van der Waals surface area contributed by atoms with Gasteiger partial charge in [-0.25, -0.2) is 0 Å². The Morgan fingerprint density at radius 1 is 1.47 bits per heavy atom. The van der Waals surface area contributed by atoms with Crippen LogP contribution >= 0.6 is 39.1 Å². The standard InChI is InChI=1S/C10H13BrCl2N2/c1-2-10(6-12,7-13)15-9-3-4-14-5-8(9)11/h3-5H,2,6-7H2,1H3,(H,14,15). The zero-order chi connectivity index (χ0) is 11.3. The maximum absolute atomic E-state index is 5.95. The molecule has 1 N–H and O–H groups in total. The van der Waals surface area contributed by atoms with Gasteiger partial charge in [0.25, 0.3) is 0 Å². The van der Waals surface area contributed by atoms with E-state index < -0.39 is 0 Å². The van der Waals surface area contributed by atoms with Gasteiger partial charge in [0, 0.05) is 24.2 Å². The summed E-state index contributed by atoms with van der Waals surface area (Å²) in [6, 6.07) is 1.90. The van der Waals surface area contributed by atoms with Gasteiger partial charge in [0.05, 0.1) is 15.7 Å². The van der Waals surface area contributed by atoms with Gasteiger partial charge in [0.15, 0.2) is 0 Å². The number of anilines is 1. The van der Waals surface area contributed by atoms with Gasteiger partial charge in [-0.15, -0.1) is 23.2 Å². The Hall–Kier alpha value is 0.01000. The van der Waals surface area contributed by atoms with Crippen molar-refractivity contribution < 1.29 is 0 Å². The molecule has 0 aliphatic rings. The number of alkyl halides is 2. The fourth-order valence-corrected chi connectivity index (χ4v) is 2.29. The van der Waals surface area contributed by atoms with E-state index in [1.54, 1.807) is 12.4 Å². The van der Waals surface area contributed by atoms with E-state index in [0.29, 0.717) is 11.8 Å². The molecule has 84 valence electrons. The van der Waals surface area contributed by atoms with E-state index in [4.69, 9.17) is 23.2 Å². The van der Waals surface area contributed by atoms with Crippen LogP contribution in [0.3, 0.4) is 0 Å². The maximum Gasteiger partial charge on any atom is 0.0641 e. The quantitative estimate of drug-likeness (QED) is 0.835. The Morgan fingerprint density at radius 3 is 2.60 bits per heavy atom. The van der Waals surface area contributed by atoms with Crippen LogP contribution in [0.25, 0.3) is 0 Å². The molecule has 1 rings (SSSR count). The summed E-state index contributed by atoms with van der Waals surface area (Å²) in [7, 11) is 0. The third-order valence-electron chi connectivity index (χ3n) is 2.36. The number of hydrogen-bond donors (Lipinski definition) is 1. The van der Waals surface area contributed by atoms with Crippen molar-refractivity contribution in [3.8, 4) is 0 Å². The van der Waals surface area contributed by atoms with Crippen LogP contribution in [-0.4, -0.2) is 22.3 Å². The van der Waals surface area contributed by atoms with E-state index in [1.165, 1.54) is 0 Å². The molecule has 0 atom stereocenters. The van der Waals surface area contributed by atoms with Crippen LogP contribution in [0.5, 0.6) is 0 Å². The second-order valence-electron chi connectivity index (χ2n) is 3.38. The second-order valence-corrected chi connectivity index (χ2v) is 4.77. The van der Waals surface area contributed by atoms with E-state index in [9.17, 15) is 0 Å². The van der Waals surface area contributed by atoms with Gasteiger partial charge in [0.2, 0.25) is 0 Å². The number of pyridine rings is 1. The number of nitrogens with zero attached hydrogens (tertiary/aromatic N) is 1. The number of halogens is 3. The number of aromatic nitrogens is 1. The first kappa shape index (κ1) is 13.1. The molecule has 0 saturated carbocycles. The van der Waals surface area contributed by atoms with E-state index in [2.05, 4.69) is 33.2 Å². The third-order valence-corrected chi connectivity index (χ3v) is 4.02. The number of rotatable bonds is 5. The molecule has 0 spiro atoms. The lowest BCUT2D eigenvalue weighted by Crippen LogP contribution is -2.41. The first-order valence-corrected chi connectivity index (χ1v) is 6.53. The van der Waals surface area contributed by atoms with Gasteiger partial charge in [-0.3, -0.25) is 4.98 Å². The van der Waals surface area contributed by atoms with Crippen molar-refractivity contribution in [3.63, 3.8) is 0 Å². The maximum atomic E-state index is 5.95. The lowest BCUT2D eigenvalue weighted by molar-refractivity contribution is 0.560. The smallest absolute Gasteiger partial charge is 0.0641 e. The first-order chi connectivity index (χ1) is 7.17. The van der Waals surface area contributed by atoms with Crippen LogP contribution < -0.4 is 5.32 Å². The van der Waals surface area contributed by atoms with Crippen molar-refractivity contribution in [1.82, 2.24) is 4.98 Å². The van der Waals surface area contributed by atoms with E-state index in [1.807, 2.05) is 6.07 Å². The van der Waals surface area contributed by atoms with Crippen molar-refractivity contribution in [1.29, 1.82) is 0 Å². The molecule has 0 aliphatic carbocycles. The zero-order valence-corrected chi connectivity index (χ0v) is 11.5. The van der Waals surface area contributed by atoms with Gasteiger partial charge >= 0.3 is 0 Å². The summed E-state index contributed by atoms with van der Waals surface area (Å²) >= 11 is 15.3. The van der Waals surface area contributed by atoms with Crippen LogP contribution in [0.1, 0.15) is 13.3 Å². The average Bonchev–Trinajstić information content (AvgIpc) is 2.29. The molecule has 0 aromatic carbocycles. The molecular formula is C10H13BrCl2N2. The van der Waals surface area contributed by atoms with E-state index >= 15 is 0 Å². The molecule has 15 heavy (non-hydrogen) atoms. The molecule has 0 fully saturated rings. The molecule has 1 aromatic rings. The molecule has 0 bridgehead atoms. The lowest BCUT2D eigenvalue weighted by Gasteiger charge is -2.31. The monoisotopic (exact) mass is 310 g/mol. The number of nitrogens with one attached hydrogen (secondary N) is 1. The predicted octanol–water partition coefficient (Wildman–Crippen LogP) is 3.88. The summed E-state index contributed by atoms with van der Waals surface area (Å²) in [4.78, 5) is 4.00. The van der Waals surface area contributed by atoms with Crippen LogP contribution in [0.4, 0.5) is 5.69 Å². The van der Waals surface area contributed by atoms with E-state index in [0.717, 1.165) is 16.6 Å². The molecule has 5 heteroatoms. The molecule has 0 aliphatic heterocycles. The summed E-state index contributed by atoms with van der Waals surface area (Å²) in [5, 5.41) is 3.36. The van der Waals surface area contributed by atoms with Gasteiger partial charge in [0.1, 0.15) is 0 Å². The predicted molar refractivity (Wildman–Crippen MR) is 70.0 cm³/mol. The van der Waals surface area contributed by atoms with Gasteiger partial charge < -0.3 is 5.32 Å². The normalized spacial score (nSPS) is 11.5. The Bertz CT molecular complexity index is 308. The van der Waals surface area contributed by atoms with Crippen LogP contribution in [0.2, 0.25) is 0 Å². The topological polar surface area (TPSA) is 24.9 Å². The lowest BCUT2D eigenvalue weighted by atomic mass is 10.0. The largest absolute Gasteiger partial charge is 0.376 e. The molecule has 0 radical (unpaired) electrons. The SMILES string of the molecule is CCC(CCl)(CCl)Nc1ccncc1Br. The highest BCUT2D eigenvalue weighted by Crippen LogP contribution is 2.27. The van der Waals surface area contributed by atoms with Crippen LogP contribution in [-0.2, 0) is 0 Å². The highest BCUT2D eigenvalue weighted by Gasteiger charge is 2.26. The van der Waals surface area contributed by atoms with Gasteiger partial charge in [-0.05, 0) is 28.4 Å². The van der Waals surface area contributed by atoms with E-state index in [-0.39, 0.29) is 5.54 Å². The zero-order valence-electron chi connectivity index (χ0n) is 8.43. The summed E-state index contributed by atoms with van der Waals surface area (Å²) in [5.74, 6) is 0.948.